The molecular formula is C20H28N4O. The van der Waals surface area contributed by atoms with Crippen molar-refractivity contribution in [3.63, 3.8) is 0 Å². The molecule has 5 nitrogen and oxygen atoms in total. The first kappa shape index (κ1) is 16.6. The van der Waals surface area contributed by atoms with Crippen molar-refractivity contribution in [2.75, 3.05) is 13.6 Å². The third kappa shape index (κ3) is 3.16. The number of aryl methyl sites for hydroxylation is 2. The van der Waals surface area contributed by atoms with Crippen molar-refractivity contribution in [2.45, 2.75) is 57.8 Å². The average molecular weight is 340 g/mol. The van der Waals surface area contributed by atoms with E-state index in [1.54, 1.807) is 0 Å². The molecule has 0 saturated heterocycles. The second kappa shape index (κ2) is 6.43. The summed E-state index contributed by atoms with van der Waals surface area (Å²) in [5, 5.41) is 5.44. The molecule has 2 aromatic rings. The van der Waals surface area contributed by atoms with Crippen LogP contribution in [0.5, 0.6) is 0 Å². The zero-order chi connectivity index (χ0) is 17.6. The second-order valence-electron chi connectivity index (χ2n) is 7.97. The molecule has 0 aromatic carbocycles. The number of hydrogen-bond acceptors (Lipinski definition) is 3. The molecule has 2 aromatic heterocycles. The first-order chi connectivity index (χ1) is 12.0. The molecule has 2 aliphatic rings. The number of aromatic nitrogens is 3. The van der Waals surface area contributed by atoms with E-state index in [9.17, 15) is 4.79 Å². The summed E-state index contributed by atoms with van der Waals surface area (Å²) < 4.78 is 1.81. The summed E-state index contributed by atoms with van der Waals surface area (Å²) in [4.78, 5) is 20.0. The lowest BCUT2D eigenvalue weighted by Gasteiger charge is -2.27. The van der Waals surface area contributed by atoms with Gasteiger partial charge in [-0.3, -0.25) is 9.48 Å². The van der Waals surface area contributed by atoms with Crippen molar-refractivity contribution in [2.24, 2.45) is 13.0 Å². The predicted molar refractivity (Wildman–Crippen MR) is 98.8 cm³/mol. The first-order valence-corrected chi connectivity index (χ1v) is 9.64. The third-order valence-electron chi connectivity index (χ3n) is 5.82. The summed E-state index contributed by atoms with van der Waals surface area (Å²) in [6, 6.07) is 2.04. The molecule has 0 atom stereocenters. The maximum Gasteiger partial charge on any atom is 0.254 e. The lowest BCUT2D eigenvalue weighted by atomic mass is 9.89. The molecule has 4 rings (SSSR count). The highest BCUT2D eigenvalue weighted by molar-refractivity contribution is 6.06. The number of rotatable bonds is 4. The van der Waals surface area contributed by atoms with Crippen molar-refractivity contribution >= 4 is 16.9 Å². The Morgan fingerprint density at radius 2 is 1.96 bits per heavy atom. The van der Waals surface area contributed by atoms with Crippen molar-refractivity contribution in [1.82, 2.24) is 19.7 Å². The van der Waals surface area contributed by atoms with E-state index in [2.05, 4.69) is 5.10 Å². The standard InChI is InChI=1S/C20H28N4O/c1-13-18-16(20(25)23(2)12-14-7-5-4-6-8-14)11-17(15-9-10-15)21-19(18)24(3)22-13/h11,14-15H,4-10,12H2,1-3H3. The normalized spacial score (nSPS) is 18.7. The topological polar surface area (TPSA) is 51.0 Å². The molecule has 2 heterocycles. The Kier molecular flexibility index (Phi) is 4.26. The Hall–Kier alpha value is -1.91. The molecule has 0 radical (unpaired) electrons. The number of nitrogens with zero attached hydrogens (tertiary/aromatic N) is 4. The van der Waals surface area contributed by atoms with Crippen molar-refractivity contribution in [3.05, 3.63) is 23.0 Å². The van der Waals surface area contributed by atoms with Gasteiger partial charge in [-0.15, -0.1) is 0 Å². The number of amides is 1. The number of carbonyl (C=O) groups excluding carboxylic acids is 1. The Morgan fingerprint density at radius 3 is 2.64 bits per heavy atom. The Labute approximate surface area is 149 Å². The molecule has 0 N–H and O–H groups in total. The van der Waals surface area contributed by atoms with Gasteiger partial charge in [-0.1, -0.05) is 19.3 Å². The maximum atomic E-state index is 13.3. The van der Waals surface area contributed by atoms with Gasteiger partial charge in [0.2, 0.25) is 0 Å². The molecule has 2 fully saturated rings. The fourth-order valence-corrected chi connectivity index (χ4v) is 4.27. The minimum Gasteiger partial charge on any atom is -0.341 e. The van der Waals surface area contributed by atoms with Gasteiger partial charge in [0.15, 0.2) is 5.65 Å². The molecule has 0 unspecified atom stereocenters. The van der Waals surface area contributed by atoms with Crippen LogP contribution in [0.1, 0.15) is 72.6 Å². The van der Waals surface area contributed by atoms with Gasteiger partial charge >= 0.3 is 0 Å². The molecule has 25 heavy (non-hydrogen) atoms. The van der Waals surface area contributed by atoms with Gasteiger partial charge in [-0.25, -0.2) is 4.98 Å². The van der Waals surface area contributed by atoms with Gasteiger partial charge < -0.3 is 4.90 Å². The van der Waals surface area contributed by atoms with Crippen LogP contribution in [0.2, 0.25) is 0 Å². The van der Waals surface area contributed by atoms with E-state index in [4.69, 9.17) is 4.98 Å². The van der Waals surface area contributed by atoms with Crippen LogP contribution in [0.4, 0.5) is 0 Å². The van der Waals surface area contributed by atoms with Crippen LogP contribution in [0, 0.1) is 12.8 Å². The van der Waals surface area contributed by atoms with E-state index in [1.165, 1.54) is 44.9 Å². The molecule has 0 bridgehead atoms. The van der Waals surface area contributed by atoms with Crippen molar-refractivity contribution in [1.29, 1.82) is 0 Å². The Bertz CT molecular complexity index is 800. The van der Waals surface area contributed by atoms with Crippen LogP contribution >= 0.6 is 0 Å². The minimum absolute atomic E-state index is 0.121. The lowest BCUT2D eigenvalue weighted by molar-refractivity contribution is 0.0762. The molecule has 0 aliphatic heterocycles. The largest absolute Gasteiger partial charge is 0.341 e. The molecule has 5 heteroatoms. The maximum absolute atomic E-state index is 13.3. The van der Waals surface area contributed by atoms with E-state index >= 15 is 0 Å². The van der Waals surface area contributed by atoms with Crippen LogP contribution in [-0.4, -0.2) is 39.2 Å². The van der Waals surface area contributed by atoms with Gasteiger partial charge in [-0.2, -0.15) is 5.10 Å². The number of carbonyl (C=O) groups is 1. The van der Waals surface area contributed by atoms with E-state index in [1.807, 2.05) is 36.7 Å². The highest BCUT2D eigenvalue weighted by Crippen LogP contribution is 2.40. The highest BCUT2D eigenvalue weighted by Gasteiger charge is 2.29. The molecule has 2 saturated carbocycles. The summed E-state index contributed by atoms with van der Waals surface area (Å²) in [6.45, 7) is 2.83. The summed E-state index contributed by atoms with van der Waals surface area (Å²) in [5.74, 6) is 1.30. The van der Waals surface area contributed by atoms with Crippen molar-refractivity contribution in [3.8, 4) is 0 Å². The minimum atomic E-state index is 0.121. The van der Waals surface area contributed by atoms with Crippen LogP contribution in [0.3, 0.4) is 0 Å². The number of fused-ring (bicyclic) bond motifs is 1. The molecule has 1 amide bonds. The van der Waals surface area contributed by atoms with E-state index in [0.29, 0.717) is 11.8 Å². The zero-order valence-corrected chi connectivity index (χ0v) is 15.6. The SMILES string of the molecule is Cc1nn(C)c2nc(C3CC3)cc(C(=O)N(C)CC3CCCCC3)c12. The van der Waals surface area contributed by atoms with Gasteiger partial charge in [-0.05, 0) is 44.6 Å². The fourth-order valence-electron chi connectivity index (χ4n) is 4.27. The summed E-state index contributed by atoms with van der Waals surface area (Å²) in [7, 11) is 3.87. The van der Waals surface area contributed by atoms with Gasteiger partial charge in [0.25, 0.3) is 5.91 Å². The van der Waals surface area contributed by atoms with E-state index < -0.39 is 0 Å². The van der Waals surface area contributed by atoms with Crippen LogP contribution in [0.25, 0.3) is 11.0 Å². The van der Waals surface area contributed by atoms with E-state index in [-0.39, 0.29) is 5.91 Å². The molecule has 134 valence electrons. The van der Waals surface area contributed by atoms with E-state index in [0.717, 1.165) is 34.5 Å². The monoisotopic (exact) mass is 340 g/mol. The Balaban J connectivity index is 1.67. The van der Waals surface area contributed by atoms with Crippen LogP contribution in [0.15, 0.2) is 6.07 Å². The predicted octanol–water partition coefficient (Wildman–Crippen LogP) is 3.81. The summed E-state index contributed by atoms with van der Waals surface area (Å²) in [5.41, 5.74) is 3.58. The van der Waals surface area contributed by atoms with Gasteiger partial charge in [0.1, 0.15) is 0 Å². The van der Waals surface area contributed by atoms with Gasteiger partial charge in [0.05, 0.1) is 16.6 Å². The Morgan fingerprint density at radius 1 is 1.24 bits per heavy atom. The quantitative estimate of drug-likeness (QED) is 0.850. The van der Waals surface area contributed by atoms with Gasteiger partial charge in [0, 0.05) is 32.3 Å². The smallest absolute Gasteiger partial charge is 0.254 e. The van der Waals surface area contributed by atoms with Crippen LogP contribution < -0.4 is 0 Å². The molecule has 2 aliphatic carbocycles. The number of pyridine rings is 1. The highest BCUT2D eigenvalue weighted by atomic mass is 16.2. The molecular weight excluding hydrogens is 312 g/mol. The number of hydrogen-bond donors (Lipinski definition) is 0. The summed E-state index contributed by atoms with van der Waals surface area (Å²) >= 11 is 0. The average Bonchev–Trinajstić information content (AvgIpc) is 3.41. The third-order valence-corrected chi connectivity index (χ3v) is 5.82. The molecule has 0 spiro atoms. The zero-order valence-electron chi connectivity index (χ0n) is 15.6. The lowest BCUT2D eigenvalue weighted by Crippen LogP contribution is -2.33. The van der Waals surface area contributed by atoms with Crippen LogP contribution in [-0.2, 0) is 7.05 Å². The second-order valence-corrected chi connectivity index (χ2v) is 7.97. The first-order valence-electron chi connectivity index (χ1n) is 9.64. The summed E-state index contributed by atoms with van der Waals surface area (Å²) in [6.07, 6.45) is 8.82. The van der Waals surface area contributed by atoms with Crippen molar-refractivity contribution < 1.29 is 4.79 Å². The fraction of sp³-hybridized carbons (Fsp3) is 0.650.